The predicted molar refractivity (Wildman–Crippen MR) is 108 cm³/mol. The van der Waals surface area contributed by atoms with Gasteiger partial charge >= 0.3 is 0 Å². The van der Waals surface area contributed by atoms with Crippen LogP contribution in [0.1, 0.15) is 36.7 Å². The molecular formula is C21H28N4O3. The predicted octanol–water partition coefficient (Wildman–Crippen LogP) is 1.93. The van der Waals surface area contributed by atoms with Crippen LogP contribution in [0.3, 0.4) is 0 Å². The van der Waals surface area contributed by atoms with E-state index in [1.807, 2.05) is 37.3 Å². The summed E-state index contributed by atoms with van der Waals surface area (Å²) in [6.45, 7) is 5.58. The summed E-state index contributed by atoms with van der Waals surface area (Å²) in [4.78, 5) is 26.9. The van der Waals surface area contributed by atoms with Crippen LogP contribution in [0.25, 0.3) is 0 Å². The van der Waals surface area contributed by atoms with Crippen molar-refractivity contribution in [1.29, 1.82) is 0 Å². The van der Waals surface area contributed by atoms with Gasteiger partial charge in [0.05, 0.1) is 6.54 Å². The maximum atomic E-state index is 12.5. The minimum atomic E-state index is -0.262. The molecule has 150 valence electrons. The summed E-state index contributed by atoms with van der Waals surface area (Å²) >= 11 is 0. The molecule has 7 nitrogen and oxygen atoms in total. The van der Waals surface area contributed by atoms with Gasteiger partial charge < -0.3 is 15.0 Å². The number of likely N-dealkylation sites (tertiary alicyclic amines) is 1. The molecule has 0 aliphatic carbocycles. The number of nitrogens with zero attached hydrogens (tertiary/aromatic N) is 3. The van der Waals surface area contributed by atoms with Crippen molar-refractivity contribution in [2.75, 3.05) is 26.2 Å². The highest BCUT2D eigenvalue weighted by molar-refractivity contribution is 5.92. The summed E-state index contributed by atoms with van der Waals surface area (Å²) in [7, 11) is 0. The van der Waals surface area contributed by atoms with Crippen molar-refractivity contribution in [3.63, 3.8) is 0 Å². The van der Waals surface area contributed by atoms with Gasteiger partial charge in [0.15, 0.2) is 0 Å². The zero-order valence-electron chi connectivity index (χ0n) is 16.3. The van der Waals surface area contributed by atoms with E-state index >= 15 is 0 Å². The Hall–Kier alpha value is -2.67. The number of carbonyl (C=O) groups excluding carboxylic acids is 1. The van der Waals surface area contributed by atoms with Crippen molar-refractivity contribution in [2.24, 2.45) is 0 Å². The molecule has 2 heterocycles. The molecule has 2 aromatic rings. The lowest BCUT2D eigenvalue weighted by Crippen LogP contribution is -2.44. The van der Waals surface area contributed by atoms with Crippen molar-refractivity contribution in [3.05, 3.63) is 58.5 Å². The number of amides is 1. The first kappa shape index (κ1) is 20.1. The molecule has 3 rings (SSSR count). The topological polar surface area (TPSA) is 76.5 Å². The van der Waals surface area contributed by atoms with Crippen molar-refractivity contribution in [3.8, 4) is 5.75 Å². The van der Waals surface area contributed by atoms with Crippen molar-refractivity contribution in [2.45, 2.75) is 38.8 Å². The molecule has 0 bridgehead atoms. The van der Waals surface area contributed by atoms with E-state index in [2.05, 4.69) is 15.3 Å². The molecule has 1 aromatic heterocycles. The maximum absolute atomic E-state index is 12.5. The minimum absolute atomic E-state index is 0.0224. The number of para-hydroxylation sites is 1. The number of ether oxygens (including phenoxy) is 1. The van der Waals surface area contributed by atoms with E-state index in [1.165, 1.54) is 36.1 Å². The van der Waals surface area contributed by atoms with Crippen LogP contribution in [0.5, 0.6) is 5.75 Å². The van der Waals surface area contributed by atoms with Crippen LogP contribution in [-0.2, 0) is 6.54 Å². The van der Waals surface area contributed by atoms with Gasteiger partial charge in [0.1, 0.15) is 18.1 Å². The average Bonchev–Trinajstić information content (AvgIpc) is 2.71. The Kier molecular flexibility index (Phi) is 7.19. The summed E-state index contributed by atoms with van der Waals surface area (Å²) in [6, 6.07) is 12.3. The van der Waals surface area contributed by atoms with E-state index < -0.39 is 0 Å². The van der Waals surface area contributed by atoms with Crippen LogP contribution in [0.4, 0.5) is 0 Å². The first-order valence-electron chi connectivity index (χ1n) is 9.91. The van der Waals surface area contributed by atoms with Gasteiger partial charge in [-0.2, -0.15) is 5.10 Å². The molecular weight excluding hydrogens is 356 g/mol. The van der Waals surface area contributed by atoms with E-state index in [0.29, 0.717) is 6.61 Å². The molecule has 1 aromatic carbocycles. The fourth-order valence-electron chi connectivity index (χ4n) is 3.37. The Morgan fingerprint density at radius 1 is 1.14 bits per heavy atom. The quantitative estimate of drug-likeness (QED) is 0.753. The lowest BCUT2D eigenvalue weighted by Gasteiger charge is -2.29. The molecule has 1 unspecified atom stereocenters. The highest BCUT2D eigenvalue weighted by Crippen LogP contribution is 2.09. The molecule has 0 radical (unpaired) electrons. The largest absolute Gasteiger partial charge is 0.492 e. The number of carbonyl (C=O) groups is 1. The van der Waals surface area contributed by atoms with Gasteiger partial charge in [0.25, 0.3) is 11.5 Å². The zero-order valence-corrected chi connectivity index (χ0v) is 16.3. The molecule has 1 N–H and O–H groups in total. The number of aromatic nitrogens is 2. The monoisotopic (exact) mass is 384 g/mol. The normalized spacial score (nSPS) is 15.8. The van der Waals surface area contributed by atoms with E-state index in [1.54, 1.807) is 0 Å². The van der Waals surface area contributed by atoms with Gasteiger partial charge in [-0.3, -0.25) is 9.59 Å². The second kappa shape index (κ2) is 10.0. The van der Waals surface area contributed by atoms with Gasteiger partial charge in [-0.15, -0.1) is 0 Å². The standard InChI is InChI=1S/C21H28N4O3/c1-17(16-24-12-6-3-7-13-24)22-21(27)19-10-11-20(26)25(23-19)14-15-28-18-8-4-2-5-9-18/h2,4-5,8-11,17H,3,6-7,12-16H2,1H3,(H,22,27). The zero-order chi connectivity index (χ0) is 19.8. The van der Waals surface area contributed by atoms with E-state index in [-0.39, 0.29) is 29.7 Å². The Bertz CT molecular complexity index is 816. The van der Waals surface area contributed by atoms with E-state index in [4.69, 9.17) is 4.74 Å². The van der Waals surface area contributed by atoms with Gasteiger partial charge in [0, 0.05) is 18.7 Å². The molecule has 1 aliphatic heterocycles. The Morgan fingerprint density at radius 2 is 1.89 bits per heavy atom. The molecule has 7 heteroatoms. The molecule has 1 aliphatic rings. The summed E-state index contributed by atoms with van der Waals surface area (Å²) in [5, 5.41) is 7.18. The molecule has 28 heavy (non-hydrogen) atoms. The third-order valence-electron chi connectivity index (χ3n) is 4.77. The molecule has 1 atom stereocenters. The highest BCUT2D eigenvalue weighted by atomic mass is 16.5. The van der Waals surface area contributed by atoms with Crippen molar-refractivity contribution < 1.29 is 9.53 Å². The van der Waals surface area contributed by atoms with Crippen molar-refractivity contribution in [1.82, 2.24) is 20.0 Å². The highest BCUT2D eigenvalue weighted by Gasteiger charge is 2.17. The van der Waals surface area contributed by atoms with Crippen LogP contribution in [0, 0.1) is 0 Å². The summed E-state index contributed by atoms with van der Waals surface area (Å²) in [5.41, 5.74) is -0.0145. The van der Waals surface area contributed by atoms with Crippen LogP contribution in [-0.4, -0.2) is 52.9 Å². The van der Waals surface area contributed by atoms with Crippen LogP contribution < -0.4 is 15.6 Å². The molecule has 0 spiro atoms. The number of benzene rings is 1. The third kappa shape index (κ3) is 5.92. The molecule has 0 saturated carbocycles. The van der Waals surface area contributed by atoms with Crippen LogP contribution in [0.15, 0.2) is 47.3 Å². The minimum Gasteiger partial charge on any atom is -0.492 e. The van der Waals surface area contributed by atoms with Crippen LogP contribution in [0.2, 0.25) is 0 Å². The fourth-order valence-corrected chi connectivity index (χ4v) is 3.37. The second-order valence-electron chi connectivity index (χ2n) is 7.18. The Morgan fingerprint density at radius 3 is 2.64 bits per heavy atom. The Labute approximate surface area is 165 Å². The molecule has 1 amide bonds. The number of hydrogen-bond acceptors (Lipinski definition) is 5. The van der Waals surface area contributed by atoms with Gasteiger partial charge in [-0.05, 0) is 51.1 Å². The lowest BCUT2D eigenvalue weighted by molar-refractivity contribution is 0.0917. The second-order valence-corrected chi connectivity index (χ2v) is 7.18. The first-order valence-corrected chi connectivity index (χ1v) is 9.91. The van der Waals surface area contributed by atoms with Gasteiger partial charge in [-0.1, -0.05) is 24.6 Å². The SMILES string of the molecule is CC(CN1CCCCC1)NC(=O)c1ccc(=O)n(CCOc2ccccc2)n1. The summed E-state index contributed by atoms with van der Waals surface area (Å²) in [5.74, 6) is 0.471. The first-order chi connectivity index (χ1) is 13.6. The number of rotatable bonds is 8. The summed E-state index contributed by atoms with van der Waals surface area (Å²) in [6.07, 6.45) is 3.73. The number of piperidine rings is 1. The summed E-state index contributed by atoms with van der Waals surface area (Å²) < 4.78 is 6.88. The van der Waals surface area contributed by atoms with Gasteiger partial charge in [-0.25, -0.2) is 4.68 Å². The van der Waals surface area contributed by atoms with Crippen LogP contribution >= 0.6 is 0 Å². The number of hydrogen-bond donors (Lipinski definition) is 1. The molecule has 1 saturated heterocycles. The smallest absolute Gasteiger partial charge is 0.271 e. The maximum Gasteiger partial charge on any atom is 0.271 e. The molecule has 1 fully saturated rings. The lowest BCUT2D eigenvalue weighted by atomic mass is 10.1. The van der Waals surface area contributed by atoms with Crippen molar-refractivity contribution >= 4 is 5.91 Å². The van der Waals surface area contributed by atoms with E-state index in [9.17, 15) is 9.59 Å². The third-order valence-corrected chi connectivity index (χ3v) is 4.77. The fraction of sp³-hybridized carbons (Fsp3) is 0.476. The van der Waals surface area contributed by atoms with Gasteiger partial charge in [0.2, 0.25) is 0 Å². The number of nitrogens with one attached hydrogen (secondary N) is 1. The van der Waals surface area contributed by atoms with E-state index in [0.717, 1.165) is 25.4 Å². The Balaban J connectivity index is 1.53. The average molecular weight is 384 g/mol.